The van der Waals surface area contributed by atoms with E-state index in [4.69, 9.17) is 10.5 Å². The minimum atomic E-state index is 0.239. The van der Waals surface area contributed by atoms with Crippen molar-refractivity contribution in [3.63, 3.8) is 0 Å². The Hall–Kier alpha value is -0.670. The molecule has 0 aromatic heterocycles. The number of ether oxygens (including phenoxy) is 1. The molecule has 1 aliphatic carbocycles. The number of hydrogen-bond donors (Lipinski definition) is 1. The van der Waals surface area contributed by atoms with E-state index in [1.165, 1.54) is 4.90 Å². The van der Waals surface area contributed by atoms with Crippen molar-refractivity contribution in [3.8, 4) is 5.75 Å². The highest BCUT2D eigenvalue weighted by molar-refractivity contribution is 8.00. The van der Waals surface area contributed by atoms with Crippen LogP contribution in [0.4, 0.5) is 0 Å². The Labute approximate surface area is 102 Å². The maximum Gasteiger partial charge on any atom is 0.119 e. The first-order valence-corrected chi connectivity index (χ1v) is 6.70. The van der Waals surface area contributed by atoms with Gasteiger partial charge in [-0.1, -0.05) is 0 Å². The van der Waals surface area contributed by atoms with E-state index in [-0.39, 0.29) is 6.10 Å². The van der Waals surface area contributed by atoms with E-state index in [9.17, 15) is 0 Å². The number of thioether (sulfide) groups is 1. The molecule has 88 valence electrons. The quantitative estimate of drug-likeness (QED) is 0.874. The van der Waals surface area contributed by atoms with Crippen LogP contribution in [0.3, 0.4) is 0 Å². The molecule has 2 N–H and O–H groups in total. The first-order chi connectivity index (χ1) is 7.63. The highest BCUT2D eigenvalue weighted by Crippen LogP contribution is 2.36. The Bertz CT molecular complexity index is 330. The molecule has 0 amide bonds. The summed E-state index contributed by atoms with van der Waals surface area (Å²) >= 11 is 1.93. The molecule has 0 atom stereocenters. The van der Waals surface area contributed by atoms with Crippen LogP contribution < -0.4 is 10.5 Å². The van der Waals surface area contributed by atoms with Crippen LogP contribution in [0, 0.1) is 0 Å². The predicted molar refractivity (Wildman–Crippen MR) is 69.1 cm³/mol. The fraction of sp³-hybridized carbons (Fsp3) is 0.538. The highest BCUT2D eigenvalue weighted by Gasteiger charge is 2.26. The summed E-state index contributed by atoms with van der Waals surface area (Å²) in [5.41, 5.74) is 5.77. The van der Waals surface area contributed by atoms with Crippen LogP contribution in [0.1, 0.15) is 26.7 Å². The zero-order valence-electron chi connectivity index (χ0n) is 9.85. The van der Waals surface area contributed by atoms with Gasteiger partial charge >= 0.3 is 0 Å². The number of rotatable bonds is 4. The monoisotopic (exact) mass is 237 g/mol. The Morgan fingerprint density at radius 3 is 2.38 bits per heavy atom. The molecule has 1 aromatic rings. The molecule has 1 fully saturated rings. The van der Waals surface area contributed by atoms with Gasteiger partial charge < -0.3 is 10.5 Å². The lowest BCUT2D eigenvalue weighted by atomic mass is 9.94. The summed E-state index contributed by atoms with van der Waals surface area (Å²) in [4.78, 5) is 1.31. The molecular formula is C13H19NOS. The van der Waals surface area contributed by atoms with E-state index < -0.39 is 0 Å². The molecule has 0 radical (unpaired) electrons. The zero-order valence-corrected chi connectivity index (χ0v) is 10.7. The van der Waals surface area contributed by atoms with Gasteiger partial charge in [0.15, 0.2) is 0 Å². The second kappa shape index (κ2) is 5.11. The number of nitrogens with two attached hydrogens (primary N) is 1. The lowest BCUT2D eigenvalue weighted by Crippen LogP contribution is -2.38. The molecule has 0 unspecified atom stereocenters. The van der Waals surface area contributed by atoms with Crippen molar-refractivity contribution in [1.29, 1.82) is 0 Å². The second-order valence-electron chi connectivity index (χ2n) is 4.61. The van der Waals surface area contributed by atoms with Gasteiger partial charge in [-0.25, -0.2) is 0 Å². The van der Waals surface area contributed by atoms with E-state index in [0.29, 0.717) is 11.3 Å². The van der Waals surface area contributed by atoms with Crippen LogP contribution in [0.5, 0.6) is 5.75 Å². The third kappa shape index (κ3) is 3.16. The molecule has 1 aromatic carbocycles. The highest BCUT2D eigenvalue weighted by atomic mass is 32.2. The fourth-order valence-electron chi connectivity index (χ4n) is 1.76. The van der Waals surface area contributed by atoms with Crippen molar-refractivity contribution in [3.05, 3.63) is 24.3 Å². The largest absolute Gasteiger partial charge is 0.491 e. The van der Waals surface area contributed by atoms with Gasteiger partial charge in [0.25, 0.3) is 0 Å². The molecule has 1 saturated carbocycles. The molecular weight excluding hydrogens is 218 g/mol. The van der Waals surface area contributed by atoms with Gasteiger partial charge in [-0.05, 0) is 51.0 Å². The van der Waals surface area contributed by atoms with Crippen LogP contribution >= 0.6 is 11.8 Å². The summed E-state index contributed by atoms with van der Waals surface area (Å²) in [5, 5.41) is 0.715. The SMILES string of the molecule is CC(C)Oc1ccc(SC2CC(N)C2)cc1. The predicted octanol–water partition coefficient (Wildman–Crippen LogP) is 3.06. The Morgan fingerprint density at radius 2 is 1.88 bits per heavy atom. The van der Waals surface area contributed by atoms with Crippen molar-refractivity contribution in [1.82, 2.24) is 0 Å². The van der Waals surface area contributed by atoms with Crippen LogP contribution in [-0.2, 0) is 0 Å². The molecule has 0 saturated heterocycles. The van der Waals surface area contributed by atoms with Gasteiger partial charge in [0, 0.05) is 16.2 Å². The normalized spacial score (nSPS) is 24.2. The first-order valence-electron chi connectivity index (χ1n) is 5.82. The average molecular weight is 237 g/mol. The van der Waals surface area contributed by atoms with E-state index in [2.05, 4.69) is 12.1 Å². The van der Waals surface area contributed by atoms with Gasteiger partial charge in [0.05, 0.1) is 6.10 Å². The molecule has 0 aliphatic heterocycles. The molecule has 3 heteroatoms. The molecule has 2 rings (SSSR count). The third-order valence-corrected chi connectivity index (χ3v) is 3.89. The maximum atomic E-state index is 5.77. The van der Waals surface area contributed by atoms with Gasteiger partial charge in [-0.2, -0.15) is 0 Å². The van der Waals surface area contributed by atoms with Crippen molar-refractivity contribution < 1.29 is 4.74 Å². The number of hydrogen-bond acceptors (Lipinski definition) is 3. The van der Waals surface area contributed by atoms with Crippen LogP contribution in [0.25, 0.3) is 0 Å². The van der Waals surface area contributed by atoms with Gasteiger partial charge in [-0.15, -0.1) is 11.8 Å². The smallest absolute Gasteiger partial charge is 0.119 e. The summed E-state index contributed by atoms with van der Waals surface area (Å²) in [6, 6.07) is 8.78. The van der Waals surface area contributed by atoms with Crippen molar-refractivity contribution in [2.24, 2.45) is 5.73 Å². The maximum absolute atomic E-state index is 5.77. The Kier molecular flexibility index (Phi) is 3.77. The minimum Gasteiger partial charge on any atom is -0.491 e. The summed E-state index contributed by atoms with van der Waals surface area (Å²) in [6.45, 7) is 4.08. The molecule has 0 bridgehead atoms. The average Bonchev–Trinajstić information content (AvgIpc) is 2.18. The van der Waals surface area contributed by atoms with Crippen LogP contribution in [0.15, 0.2) is 29.2 Å². The van der Waals surface area contributed by atoms with E-state index in [0.717, 1.165) is 18.6 Å². The van der Waals surface area contributed by atoms with E-state index >= 15 is 0 Å². The van der Waals surface area contributed by atoms with Gasteiger partial charge in [-0.3, -0.25) is 0 Å². The lowest BCUT2D eigenvalue weighted by Gasteiger charge is -2.31. The number of benzene rings is 1. The molecule has 16 heavy (non-hydrogen) atoms. The van der Waals surface area contributed by atoms with Crippen molar-refractivity contribution >= 4 is 11.8 Å². The summed E-state index contributed by atoms with van der Waals surface area (Å²) in [7, 11) is 0. The minimum absolute atomic E-state index is 0.239. The first kappa shape index (κ1) is 11.8. The standard InChI is InChI=1S/C13H19NOS/c1-9(2)15-11-3-5-12(6-4-11)16-13-7-10(14)8-13/h3-6,9-10,13H,7-8,14H2,1-2H3. The lowest BCUT2D eigenvalue weighted by molar-refractivity contribution is 0.242. The molecule has 0 spiro atoms. The van der Waals surface area contributed by atoms with Gasteiger partial charge in [0.1, 0.15) is 5.75 Å². The van der Waals surface area contributed by atoms with Crippen molar-refractivity contribution in [2.45, 2.75) is 49.0 Å². The molecule has 1 aliphatic rings. The third-order valence-electron chi connectivity index (χ3n) is 2.63. The van der Waals surface area contributed by atoms with Gasteiger partial charge in [0.2, 0.25) is 0 Å². The second-order valence-corrected chi connectivity index (χ2v) is 5.98. The van der Waals surface area contributed by atoms with E-state index in [1.54, 1.807) is 0 Å². The Morgan fingerprint density at radius 1 is 1.25 bits per heavy atom. The fourth-order valence-corrected chi connectivity index (χ4v) is 3.13. The van der Waals surface area contributed by atoms with Crippen LogP contribution in [-0.4, -0.2) is 17.4 Å². The zero-order chi connectivity index (χ0) is 11.5. The topological polar surface area (TPSA) is 35.2 Å². The molecule has 0 heterocycles. The summed E-state index contributed by atoms with van der Waals surface area (Å²) < 4.78 is 5.60. The van der Waals surface area contributed by atoms with E-state index in [1.807, 2.05) is 37.7 Å². The Balaban J connectivity index is 1.87. The van der Waals surface area contributed by atoms with Crippen molar-refractivity contribution in [2.75, 3.05) is 0 Å². The van der Waals surface area contributed by atoms with Crippen LogP contribution in [0.2, 0.25) is 0 Å². The summed E-state index contributed by atoms with van der Waals surface area (Å²) in [6.07, 6.45) is 2.53. The summed E-state index contributed by atoms with van der Waals surface area (Å²) in [5.74, 6) is 0.949. The molecule has 2 nitrogen and oxygen atoms in total.